The van der Waals surface area contributed by atoms with E-state index in [4.69, 9.17) is 16.3 Å². The first-order valence-electron chi connectivity index (χ1n) is 13.1. The van der Waals surface area contributed by atoms with E-state index in [-0.39, 0.29) is 30.9 Å². The molecule has 3 rings (SSSR count). The van der Waals surface area contributed by atoms with Crippen LogP contribution in [0.3, 0.4) is 0 Å². The molecule has 2 fully saturated rings. The van der Waals surface area contributed by atoms with E-state index >= 15 is 0 Å². The molecular weight excluding hydrogens is 482 g/mol. The topological polar surface area (TPSA) is 117 Å². The molecule has 3 atom stereocenters. The second-order valence-corrected chi connectivity index (χ2v) is 11.2. The Morgan fingerprint density at radius 1 is 1.17 bits per heavy atom. The fourth-order valence-electron chi connectivity index (χ4n) is 5.10. The minimum Gasteiger partial charge on any atom is -0.449 e. The molecule has 1 aromatic rings. The summed E-state index contributed by atoms with van der Waals surface area (Å²) in [5.74, 6) is -0.300. The quantitative estimate of drug-likeness (QED) is 0.354. The first-order valence-corrected chi connectivity index (χ1v) is 13.4. The molecular formula is C27H40ClN3O5. The van der Waals surface area contributed by atoms with E-state index in [0.717, 1.165) is 31.2 Å². The molecule has 2 aliphatic rings. The van der Waals surface area contributed by atoms with Gasteiger partial charge < -0.3 is 25.8 Å². The molecule has 0 bridgehead atoms. The molecule has 4 N–H and O–H groups in total. The highest BCUT2D eigenvalue weighted by Gasteiger charge is 2.32. The molecule has 1 aromatic carbocycles. The SMILES string of the molecule is CC(C)(COC(=O)N[C@@H](CC1CCCCC1)C(=O)N[C@H](CO)C[C@@H]1CCNC1=O)c1cccc(Cl)c1. The predicted octanol–water partition coefficient (Wildman–Crippen LogP) is 3.69. The van der Waals surface area contributed by atoms with Crippen LogP contribution < -0.4 is 16.0 Å². The van der Waals surface area contributed by atoms with E-state index in [1.165, 1.54) is 6.42 Å². The second kappa shape index (κ2) is 13.3. The number of amides is 3. The summed E-state index contributed by atoms with van der Waals surface area (Å²) in [6.45, 7) is 4.38. The number of alkyl carbamates (subject to hydrolysis) is 1. The average Bonchev–Trinajstić information content (AvgIpc) is 3.26. The largest absolute Gasteiger partial charge is 0.449 e. The monoisotopic (exact) mass is 521 g/mol. The van der Waals surface area contributed by atoms with Gasteiger partial charge in [0.25, 0.3) is 0 Å². The molecule has 36 heavy (non-hydrogen) atoms. The van der Waals surface area contributed by atoms with E-state index in [1.54, 1.807) is 6.07 Å². The minimum absolute atomic E-state index is 0.0505. The minimum atomic E-state index is -0.777. The summed E-state index contributed by atoms with van der Waals surface area (Å²) in [6.07, 6.45) is 6.38. The van der Waals surface area contributed by atoms with Crippen molar-refractivity contribution in [1.29, 1.82) is 0 Å². The molecule has 1 aliphatic carbocycles. The Labute approximate surface area is 218 Å². The van der Waals surface area contributed by atoms with Gasteiger partial charge in [-0.05, 0) is 42.9 Å². The third-order valence-electron chi connectivity index (χ3n) is 7.37. The summed E-state index contributed by atoms with van der Waals surface area (Å²) < 4.78 is 5.55. The zero-order valence-corrected chi connectivity index (χ0v) is 22.1. The van der Waals surface area contributed by atoms with Gasteiger partial charge in [-0.3, -0.25) is 9.59 Å². The van der Waals surface area contributed by atoms with Crippen LogP contribution >= 0.6 is 11.6 Å². The molecule has 0 unspecified atom stereocenters. The van der Waals surface area contributed by atoms with Crippen LogP contribution in [-0.4, -0.2) is 54.9 Å². The number of ether oxygens (including phenoxy) is 1. The lowest BCUT2D eigenvalue weighted by molar-refractivity contribution is -0.126. The molecule has 8 nitrogen and oxygen atoms in total. The highest BCUT2D eigenvalue weighted by atomic mass is 35.5. The van der Waals surface area contributed by atoms with E-state index < -0.39 is 23.6 Å². The lowest BCUT2D eigenvalue weighted by Gasteiger charge is -2.29. The van der Waals surface area contributed by atoms with Gasteiger partial charge in [0.2, 0.25) is 11.8 Å². The Balaban J connectivity index is 1.61. The lowest BCUT2D eigenvalue weighted by atomic mass is 9.84. The van der Waals surface area contributed by atoms with Gasteiger partial charge in [-0.1, -0.05) is 69.7 Å². The van der Waals surface area contributed by atoms with Crippen LogP contribution in [0.4, 0.5) is 4.79 Å². The highest BCUT2D eigenvalue weighted by molar-refractivity contribution is 6.30. The number of benzene rings is 1. The number of carbonyl (C=O) groups is 3. The summed E-state index contributed by atoms with van der Waals surface area (Å²) >= 11 is 6.12. The van der Waals surface area contributed by atoms with Crippen LogP contribution in [0.25, 0.3) is 0 Å². The van der Waals surface area contributed by atoms with Gasteiger partial charge in [-0.2, -0.15) is 0 Å². The first kappa shape index (κ1) is 28.3. The highest BCUT2D eigenvalue weighted by Crippen LogP contribution is 2.28. The Morgan fingerprint density at radius 2 is 1.92 bits per heavy atom. The molecule has 200 valence electrons. The van der Waals surface area contributed by atoms with Gasteiger partial charge in [-0.15, -0.1) is 0 Å². The van der Waals surface area contributed by atoms with Crippen LogP contribution in [-0.2, 0) is 19.7 Å². The van der Waals surface area contributed by atoms with E-state index in [0.29, 0.717) is 36.7 Å². The Hall–Kier alpha value is -2.32. The normalized spacial score (nSPS) is 20.3. The lowest BCUT2D eigenvalue weighted by Crippen LogP contribution is -2.52. The third kappa shape index (κ3) is 8.37. The molecule has 0 aromatic heterocycles. The summed E-state index contributed by atoms with van der Waals surface area (Å²) in [5.41, 5.74) is 0.480. The molecule has 1 heterocycles. The second-order valence-electron chi connectivity index (χ2n) is 10.8. The standard InChI is InChI=1S/C27H40ClN3O5/c1-27(2,20-9-6-10-21(28)15-20)17-36-26(35)31-23(13-18-7-4-3-5-8-18)25(34)30-22(16-32)14-19-11-12-29-24(19)33/h6,9-10,15,18-19,22-23,32H,3-5,7-8,11-14,16-17H2,1-2H3,(H,29,33)(H,30,34)(H,31,35)/t19-,22-,23-/m0/s1. The summed E-state index contributed by atoms with van der Waals surface area (Å²) in [6, 6.07) is 6.10. The van der Waals surface area contributed by atoms with Crippen molar-refractivity contribution < 1.29 is 24.2 Å². The molecule has 3 amide bonds. The van der Waals surface area contributed by atoms with Crippen molar-refractivity contribution in [2.45, 2.75) is 82.7 Å². The zero-order valence-electron chi connectivity index (χ0n) is 21.4. The Bertz CT molecular complexity index is 903. The Morgan fingerprint density at radius 3 is 2.56 bits per heavy atom. The van der Waals surface area contributed by atoms with Crippen molar-refractivity contribution >= 4 is 29.5 Å². The molecule has 1 saturated heterocycles. The van der Waals surface area contributed by atoms with Gasteiger partial charge in [-0.25, -0.2) is 4.79 Å². The van der Waals surface area contributed by atoms with E-state index in [2.05, 4.69) is 16.0 Å². The molecule has 1 saturated carbocycles. The van der Waals surface area contributed by atoms with Crippen molar-refractivity contribution in [3.63, 3.8) is 0 Å². The maximum absolute atomic E-state index is 13.2. The molecule has 1 aliphatic heterocycles. The third-order valence-corrected chi connectivity index (χ3v) is 7.61. The summed E-state index contributed by atoms with van der Waals surface area (Å²) in [7, 11) is 0. The summed E-state index contributed by atoms with van der Waals surface area (Å²) in [4.78, 5) is 38.0. The average molecular weight is 522 g/mol. The van der Waals surface area contributed by atoms with Crippen LogP contribution in [0.2, 0.25) is 5.02 Å². The van der Waals surface area contributed by atoms with Crippen molar-refractivity contribution in [2.24, 2.45) is 11.8 Å². The van der Waals surface area contributed by atoms with Crippen LogP contribution in [0.15, 0.2) is 24.3 Å². The number of aliphatic hydroxyl groups excluding tert-OH is 1. The van der Waals surface area contributed by atoms with Crippen LogP contribution in [0.1, 0.15) is 70.8 Å². The van der Waals surface area contributed by atoms with Gasteiger partial charge in [0.05, 0.1) is 12.6 Å². The number of carbonyl (C=O) groups excluding carboxylic acids is 3. The van der Waals surface area contributed by atoms with Gasteiger partial charge in [0.1, 0.15) is 12.6 Å². The number of halogens is 1. The zero-order chi connectivity index (χ0) is 26.1. The number of rotatable bonds is 11. The van der Waals surface area contributed by atoms with Gasteiger partial charge in [0.15, 0.2) is 0 Å². The number of hydrogen-bond donors (Lipinski definition) is 4. The Kier molecular flexibility index (Phi) is 10.4. The number of hydrogen-bond acceptors (Lipinski definition) is 5. The summed E-state index contributed by atoms with van der Waals surface area (Å²) in [5, 5.41) is 18.9. The molecule has 0 spiro atoms. The van der Waals surface area contributed by atoms with Crippen molar-refractivity contribution in [3.8, 4) is 0 Å². The smallest absolute Gasteiger partial charge is 0.407 e. The maximum Gasteiger partial charge on any atom is 0.407 e. The predicted molar refractivity (Wildman–Crippen MR) is 139 cm³/mol. The fourth-order valence-corrected chi connectivity index (χ4v) is 5.29. The maximum atomic E-state index is 13.2. The van der Waals surface area contributed by atoms with E-state index in [1.807, 2.05) is 32.0 Å². The van der Waals surface area contributed by atoms with E-state index in [9.17, 15) is 19.5 Å². The fraction of sp³-hybridized carbons (Fsp3) is 0.667. The van der Waals surface area contributed by atoms with Crippen molar-refractivity contribution in [1.82, 2.24) is 16.0 Å². The first-order chi connectivity index (χ1) is 17.2. The van der Waals surface area contributed by atoms with Crippen molar-refractivity contribution in [3.05, 3.63) is 34.9 Å². The van der Waals surface area contributed by atoms with Crippen LogP contribution in [0, 0.1) is 11.8 Å². The van der Waals surface area contributed by atoms with Gasteiger partial charge >= 0.3 is 6.09 Å². The van der Waals surface area contributed by atoms with Crippen molar-refractivity contribution in [2.75, 3.05) is 19.8 Å². The van der Waals surface area contributed by atoms with Gasteiger partial charge in [0, 0.05) is 22.9 Å². The molecule has 9 heteroatoms. The number of aliphatic hydroxyl groups is 1. The number of nitrogens with one attached hydrogen (secondary N) is 3. The molecule has 0 radical (unpaired) electrons. The van der Waals surface area contributed by atoms with Crippen LogP contribution in [0.5, 0.6) is 0 Å².